The van der Waals surface area contributed by atoms with Crippen molar-refractivity contribution in [1.29, 1.82) is 0 Å². The molecule has 1 heterocycles. The molecule has 20 heavy (non-hydrogen) atoms. The average molecular weight is 285 g/mol. The van der Waals surface area contributed by atoms with E-state index in [2.05, 4.69) is 17.1 Å². The lowest BCUT2D eigenvalue weighted by Crippen LogP contribution is -2.58. The number of carbonyl (C=O) groups is 1. The number of nitrogens with two attached hydrogens (primary N) is 1. The van der Waals surface area contributed by atoms with Crippen molar-refractivity contribution in [3.05, 3.63) is 0 Å². The van der Waals surface area contributed by atoms with Crippen LogP contribution in [0.3, 0.4) is 0 Å². The first-order chi connectivity index (χ1) is 9.28. The van der Waals surface area contributed by atoms with Crippen molar-refractivity contribution in [2.24, 2.45) is 11.7 Å². The molecule has 1 rings (SSSR count). The number of hydrogen-bond donors (Lipinski definition) is 2. The van der Waals surface area contributed by atoms with Crippen molar-refractivity contribution in [3.63, 3.8) is 0 Å². The lowest BCUT2D eigenvalue weighted by molar-refractivity contribution is -0.124. The van der Waals surface area contributed by atoms with Crippen LogP contribution in [0.4, 0.5) is 0 Å². The monoisotopic (exact) mass is 285 g/mol. The van der Waals surface area contributed by atoms with E-state index in [1.807, 2.05) is 20.8 Å². The third-order valence-electron chi connectivity index (χ3n) is 4.20. The molecular weight excluding hydrogens is 254 g/mol. The number of rotatable bonds is 8. The molecule has 3 unspecified atom stereocenters. The van der Waals surface area contributed by atoms with Gasteiger partial charge in [-0.3, -0.25) is 4.79 Å². The van der Waals surface area contributed by atoms with Gasteiger partial charge in [0.1, 0.15) is 0 Å². The zero-order valence-corrected chi connectivity index (χ0v) is 13.6. The van der Waals surface area contributed by atoms with Gasteiger partial charge in [0.15, 0.2) is 0 Å². The highest BCUT2D eigenvalue weighted by atomic mass is 16.5. The second kappa shape index (κ2) is 7.38. The zero-order valence-electron chi connectivity index (χ0n) is 13.6. The van der Waals surface area contributed by atoms with Crippen LogP contribution in [-0.2, 0) is 9.53 Å². The minimum absolute atomic E-state index is 0.236. The third kappa shape index (κ3) is 4.72. The predicted octanol–water partition coefficient (Wildman–Crippen LogP) is 0.975. The quantitative estimate of drug-likeness (QED) is 0.697. The Morgan fingerprint density at radius 1 is 1.50 bits per heavy atom. The Morgan fingerprint density at radius 2 is 2.15 bits per heavy atom. The van der Waals surface area contributed by atoms with Gasteiger partial charge in [0.2, 0.25) is 5.91 Å². The number of likely N-dealkylation sites (tertiary alicyclic amines) is 1. The van der Waals surface area contributed by atoms with Crippen LogP contribution in [0.5, 0.6) is 0 Å². The summed E-state index contributed by atoms with van der Waals surface area (Å²) < 4.78 is 5.23. The van der Waals surface area contributed by atoms with E-state index >= 15 is 0 Å². The van der Waals surface area contributed by atoms with Gasteiger partial charge in [-0.1, -0.05) is 0 Å². The van der Waals surface area contributed by atoms with Gasteiger partial charge in [0, 0.05) is 25.7 Å². The lowest BCUT2D eigenvalue weighted by atomic mass is 9.91. The molecule has 1 aliphatic rings. The summed E-state index contributed by atoms with van der Waals surface area (Å²) in [7, 11) is 1.75. The molecule has 0 bridgehead atoms. The Morgan fingerprint density at radius 3 is 2.65 bits per heavy atom. The van der Waals surface area contributed by atoms with Crippen LogP contribution in [0.1, 0.15) is 40.5 Å². The van der Waals surface area contributed by atoms with Gasteiger partial charge >= 0.3 is 0 Å². The minimum Gasteiger partial charge on any atom is -0.384 e. The Hall–Kier alpha value is -0.650. The number of nitrogens with zero attached hydrogens (tertiary/aromatic N) is 1. The number of hydrogen-bond acceptors (Lipinski definition) is 4. The molecule has 0 saturated carbocycles. The second-order valence-electron chi connectivity index (χ2n) is 6.65. The van der Waals surface area contributed by atoms with Gasteiger partial charge in [-0.15, -0.1) is 0 Å². The Kier molecular flexibility index (Phi) is 6.43. The van der Waals surface area contributed by atoms with E-state index in [4.69, 9.17) is 10.5 Å². The summed E-state index contributed by atoms with van der Waals surface area (Å²) in [4.78, 5) is 14.2. The van der Waals surface area contributed by atoms with Crippen molar-refractivity contribution >= 4 is 5.91 Å². The maximum atomic E-state index is 11.8. The highest BCUT2D eigenvalue weighted by Gasteiger charge is 2.36. The van der Waals surface area contributed by atoms with Crippen LogP contribution in [0.25, 0.3) is 0 Å². The largest absolute Gasteiger partial charge is 0.384 e. The van der Waals surface area contributed by atoms with Gasteiger partial charge in [-0.25, -0.2) is 0 Å². The molecule has 0 aliphatic carbocycles. The SMILES string of the molecule is COCC1CCN(C(C)CC(C)(NC(C)C)C(N)=O)C1. The predicted molar refractivity (Wildman–Crippen MR) is 81.5 cm³/mol. The number of primary amides is 1. The van der Waals surface area contributed by atoms with E-state index in [1.165, 1.54) is 6.42 Å². The van der Waals surface area contributed by atoms with E-state index in [9.17, 15) is 4.79 Å². The maximum Gasteiger partial charge on any atom is 0.237 e. The summed E-state index contributed by atoms with van der Waals surface area (Å²) in [5.41, 5.74) is 4.96. The van der Waals surface area contributed by atoms with Crippen LogP contribution in [-0.4, -0.2) is 55.2 Å². The fourth-order valence-corrected chi connectivity index (χ4v) is 3.22. The first-order valence-electron chi connectivity index (χ1n) is 7.59. The van der Waals surface area contributed by atoms with Crippen LogP contribution in [0, 0.1) is 5.92 Å². The molecule has 5 heteroatoms. The summed E-state index contributed by atoms with van der Waals surface area (Å²) in [6.45, 7) is 11.1. The van der Waals surface area contributed by atoms with Crippen molar-refractivity contribution in [3.8, 4) is 0 Å². The summed E-state index contributed by atoms with van der Waals surface area (Å²) in [5, 5.41) is 3.32. The van der Waals surface area contributed by atoms with E-state index in [1.54, 1.807) is 7.11 Å². The van der Waals surface area contributed by atoms with Crippen molar-refractivity contribution in [2.45, 2.75) is 58.2 Å². The van der Waals surface area contributed by atoms with E-state index < -0.39 is 5.54 Å². The molecule has 3 atom stereocenters. The van der Waals surface area contributed by atoms with Gasteiger partial charge < -0.3 is 20.7 Å². The van der Waals surface area contributed by atoms with Gasteiger partial charge in [-0.05, 0) is 53.0 Å². The highest BCUT2D eigenvalue weighted by Crippen LogP contribution is 2.23. The fraction of sp³-hybridized carbons (Fsp3) is 0.933. The van der Waals surface area contributed by atoms with Crippen molar-refractivity contribution in [1.82, 2.24) is 10.2 Å². The average Bonchev–Trinajstić information content (AvgIpc) is 2.76. The molecule has 0 aromatic heterocycles. The number of ether oxygens (including phenoxy) is 1. The second-order valence-corrected chi connectivity index (χ2v) is 6.65. The molecule has 0 aromatic carbocycles. The first kappa shape index (κ1) is 17.4. The molecule has 1 amide bonds. The van der Waals surface area contributed by atoms with E-state index in [0.717, 1.165) is 26.1 Å². The van der Waals surface area contributed by atoms with Crippen LogP contribution in [0.2, 0.25) is 0 Å². The summed E-state index contributed by atoms with van der Waals surface area (Å²) in [6, 6.07) is 0.570. The van der Waals surface area contributed by atoms with Gasteiger partial charge in [0.25, 0.3) is 0 Å². The van der Waals surface area contributed by atoms with Crippen LogP contribution in [0.15, 0.2) is 0 Å². The Balaban J connectivity index is 2.58. The highest BCUT2D eigenvalue weighted by molar-refractivity contribution is 5.84. The van der Waals surface area contributed by atoms with Gasteiger partial charge in [-0.2, -0.15) is 0 Å². The molecule has 0 aromatic rings. The van der Waals surface area contributed by atoms with E-state index in [0.29, 0.717) is 12.0 Å². The Labute approximate surface area is 123 Å². The number of methoxy groups -OCH3 is 1. The molecule has 0 radical (unpaired) electrons. The maximum absolute atomic E-state index is 11.8. The molecular formula is C15H31N3O2. The smallest absolute Gasteiger partial charge is 0.237 e. The molecule has 5 nitrogen and oxygen atoms in total. The molecule has 1 fully saturated rings. The topological polar surface area (TPSA) is 67.6 Å². The van der Waals surface area contributed by atoms with Crippen LogP contribution < -0.4 is 11.1 Å². The summed E-state index contributed by atoms with van der Waals surface area (Å²) in [6.07, 6.45) is 1.91. The first-order valence-corrected chi connectivity index (χ1v) is 7.59. The zero-order chi connectivity index (χ0) is 15.3. The molecule has 1 saturated heterocycles. The van der Waals surface area contributed by atoms with Crippen molar-refractivity contribution in [2.75, 3.05) is 26.8 Å². The standard InChI is InChI=1S/C15H31N3O2/c1-11(2)17-15(4,14(16)19)8-12(3)18-7-6-13(9-18)10-20-5/h11-13,17H,6-10H2,1-5H3,(H2,16,19). The van der Waals surface area contributed by atoms with E-state index in [-0.39, 0.29) is 11.9 Å². The minimum atomic E-state index is -0.646. The molecule has 3 N–H and O–H groups in total. The fourth-order valence-electron chi connectivity index (χ4n) is 3.22. The van der Waals surface area contributed by atoms with Gasteiger partial charge in [0.05, 0.1) is 12.1 Å². The Bertz CT molecular complexity index is 322. The number of nitrogens with one attached hydrogen (secondary N) is 1. The lowest BCUT2D eigenvalue weighted by Gasteiger charge is -2.35. The van der Waals surface area contributed by atoms with Crippen LogP contribution >= 0.6 is 0 Å². The number of carbonyl (C=O) groups excluding carboxylic acids is 1. The summed E-state index contributed by atoms with van der Waals surface area (Å²) >= 11 is 0. The van der Waals surface area contributed by atoms with Crippen molar-refractivity contribution < 1.29 is 9.53 Å². The molecule has 1 aliphatic heterocycles. The third-order valence-corrected chi connectivity index (χ3v) is 4.20. The molecule has 0 spiro atoms. The normalized spacial score (nSPS) is 24.8. The number of amides is 1. The molecule has 118 valence electrons. The summed E-state index contributed by atoms with van der Waals surface area (Å²) in [5.74, 6) is 0.339.